The summed E-state index contributed by atoms with van der Waals surface area (Å²) in [4.78, 5) is 20.8. The van der Waals surface area contributed by atoms with Crippen molar-refractivity contribution < 1.29 is 48.1 Å². The molecule has 180 valence electrons. The number of nitrogens with one attached hydrogen (secondary N) is 3. The van der Waals surface area contributed by atoms with Gasteiger partial charge in [0.25, 0.3) is 0 Å². The number of amides is 1. The van der Waals surface area contributed by atoms with Crippen LogP contribution >= 0.6 is 0 Å². The summed E-state index contributed by atoms with van der Waals surface area (Å²) in [5.41, 5.74) is 3.50. The van der Waals surface area contributed by atoms with Gasteiger partial charge in [-0.25, -0.2) is 0 Å². The number of hydrogen-bond acceptors (Lipinski definition) is 7. The van der Waals surface area contributed by atoms with E-state index in [4.69, 9.17) is 17.3 Å². The predicted octanol–water partition coefficient (Wildman–Crippen LogP) is 0.182. The van der Waals surface area contributed by atoms with Crippen LogP contribution in [-0.2, 0) is 7.80 Å². The van der Waals surface area contributed by atoms with Gasteiger partial charge in [-0.1, -0.05) is 0 Å². The molecule has 34 heavy (non-hydrogen) atoms. The number of aromatic nitrogens is 2. The van der Waals surface area contributed by atoms with E-state index in [-0.39, 0.29) is 15.6 Å². The van der Waals surface area contributed by atoms with Crippen molar-refractivity contribution in [1.82, 2.24) is 15.3 Å². The zero-order chi connectivity index (χ0) is 23.5. The SMILES string of the molecule is COc1c(F)cccc1Nc1c2[nH]c3c1C(=O)NC[C@@H]3[I-]OCCOCCOc1cnccc1-2. The van der Waals surface area contributed by atoms with Gasteiger partial charge in [0, 0.05) is 0 Å². The molecule has 3 aromatic rings. The molecule has 9 nitrogen and oxygen atoms in total. The van der Waals surface area contributed by atoms with E-state index in [0.717, 1.165) is 5.69 Å². The first-order valence-corrected chi connectivity index (χ1v) is 12.8. The van der Waals surface area contributed by atoms with E-state index in [1.54, 1.807) is 24.5 Å². The van der Waals surface area contributed by atoms with Crippen LogP contribution in [0.1, 0.15) is 20.0 Å². The zero-order valence-electron chi connectivity index (χ0n) is 18.3. The van der Waals surface area contributed by atoms with Gasteiger partial charge in [0.2, 0.25) is 0 Å². The Kier molecular flexibility index (Phi) is 6.83. The number of anilines is 2. The van der Waals surface area contributed by atoms with Crippen molar-refractivity contribution in [3.8, 4) is 22.8 Å². The molecule has 0 saturated heterocycles. The van der Waals surface area contributed by atoms with Crippen LogP contribution < -0.4 is 41.7 Å². The fourth-order valence-corrected chi connectivity index (χ4v) is 5.93. The van der Waals surface area contributed by atoms with Gasteiger partial charge in [0.1, 0.15) is 0 Å². The van der Waals surface area contributed by atoms with Gasteiger partial charge in [-0.3, -0.25) is 0 Å². The second-order valence-electron chi connectivity index (χ2n) is 7.52. The Morgan fingerprint density at radius 1 is 1.24 bits per heavy atom. The van der Waals surface area contributed by atoms with Crippen molar-refractivity contribution in [3.63, 3.8) is 0 Å². The van der Waals surface area contributed by atoms with Gasteiger partial charge >= 0.3 is 206 Å². The topological polar surface area (TPSA) is 107 Å². The summed E-state index contributed by atoms with van der Waals surface area (Å²) >= 11 is -0.739. The minimum absolute atomic E-state index is 0.00403. The van der Waals surface area contributed by atoms with Crippen molar-refractivity contribution in [1.29, 1.82) is 0 Å². The Bertz CT molecular complexity index is 1200. The van der Waals surface area contributed by atoms with Gasteiger partial charge < -0.3 is 0 Å². The molecular weight excluding hydrogens is 558 g/mol. The molecule has 0 unspecified atom stereocenters. The number of methoxy groups -OCH3 is 1. The quantitative estimate of drug-likeness (QED) is 0.300. The van der Waals surface area contributed by atoms with E-state index in [0.29, 0.717) is 66.9 Å². The summed E-state index contributed by atoms with van der Waals surface area (Å²) in [6, 6.07) is 6.41. The fraction of sp³-hybridized carbons (Fsp3) is 0.304. The first kappa shape index (κ1) is 22.9. The number of hydrogen-bond donors (Lipinski definition) is 3. The number of halogens is 2. The number of rotatable bonds is 3. The average Bonchev–Trinajstić information content (AvgIpc) is 3.22. The third-order valence-electron chi connectivity index (χ3n) is 5.46. The van der Waals surface area contributed by atoms with E-state index in [9.17, 15) is 9.18 Å². The standard InChI is InChI=1S/C23H23FIN4O5/c1-31-22-14(24)3-2-4-16(22)28-21-18-20-15(11-27-23(18)30)25-34-10-8-32-7-9-33-17-12-26-6-5-13(17)19(21)29-20/h2-6,12,15,28-29H,7-11H2,1H3,(H,27,30)/q-1/t15-/m0/s1. The molecule has 1 amide bonds. The van der Waals surface area contributed by atoms with E-state index in [1.807, 2.05) is 6.07 Å². The van der Waals surface area contributed by atoms with Crippen molar-refractivity contribution in [3.05, 3.63) is 53.7 Å². The molecule has 0 spiro atoms. The monoisotopic (exact) mass is 581 g/mol. The van der Waals surface area contributed by atoms with Crippen LogP contribution in [0.2, 0.25) is 0 Å². The Labute approximate surface area is 206 Å². The summed E-state index contributed by atoms with van der Waals surface area (Å²) in [6.45, 7) is 2.16. The third kappa shape index (κ3) is 4.42. The van der Waals surface area contributed by atoms with Crippen LogP contribution in [0, 0.1) is 5.82 Å². The van der Waals surface area contributed by atoms with Crippen LogP contribution in [0.4, 0.5) is 15.8 Å². The molecule has 4 heterocycles. The average molecular weight is 581 g/mol. The van der Waals surface area contributed by atoms with Crippen molar-refractivity contribution in [2.75, 3.05) is 45.4 Å². The molecule has 1 atom stereocenters. The molecule has 2 aliphatic heterocycles. The number of aromatic amines is 1. The van der Waals surface area contributed by atoms with Crippen molar-refractivity contribution in [2.45, 2.75) is 3.92 Å². The van der Waals surface area contributed by atoms with E-state index >= 15 is 0 Å². The molecule has 0 aliphatic carbocycles. The minimum atomic E-state index is -0.739. The zero-order valence-corrected chi connectivity index (χ0v) is 20.5. The second-order valence-corrected chi connectivity index (χ2v) is 10.2. The number of alkyl halides is 1. The van der Waals surface area contributed by atoms with E-state index < -0.39 is 27.4 Å². The summed E-state index contributed by atoms with van der Waals surface area (Å²) in [6.07, 6.45) is 3.28. The third-order valence-corrected chi connectivity index (χ3v) is 7.93. The maximum absolute atomic E-state index is 14.4. The van der Waals surface area contributed by atoms with Gasteiger partial charge in [0.15, 0.2) is 0 Å². The van der Waals surface area contributed by atoms with Gasteiger partial charge in [-0.05, 0) is 0 Å². The Morgan fingerprint density at radius 3 is 3.00 bits per heavy atom. The number of H-pyrrole nitrogens is 1. The molecule has 1 aromatic carbocycles. The second kappa shape index (κ2) is 10.2. The number of benzene rings is 1. The number of carbonyl (C=O) groups is 1. The van der Waals surface area contributed by atoms with Crippen LogP contribution in [0.25, 0.3) is 11.3 Å². The van der Waals surface area contributed by atoms with Gasteiger partial charge in [-0.15, -0.1) is 0 Å². The van der Waals surface area contributed by atoms with Crippen molar-refractivity contribution in [2.24, 2.45) is 0 Å². The van der Waals surface area contributed by atoms with Crippen LogP contribution in [0.3, 0.4) is 0 Å². The molecule has 3 N–H and O–H groups in total. The molecule has 0 fully saturated rings. The van der Waals surface area contributed by atoms with E-state index in [2.05, 4.69) is 20.6 Å². The summed E-state index contributed by atoms with van der Waals surface area (Å²) in [5, 5.41) is 6.23. The Morgan fingerprint density at radius 2 is 2.12 bits per heavy atom. The molecule has 11 heteroatoms. The van der Waals surface area contributed by atoms with Crippen molar-refractivity contribution >= 4 is 17.3 Å². The normalized spacial score (nSPS) is 18.4. The van der Waals surface area contributed by atoms with E-state index in [1.165, 1.54) is 13.2 Å². The predicted molar refractivity (Wildman–Crippen MR) is 118 cm³/mol. The van der Waals surface area contributed by atoms with Gasteiger partial charge in [0.05, 0.1) is 0 Å². The number of nitrogens with zero attached hydrogens (tertiary/aromatic N) is 1. The molecule has 5 rings (SSSR count). The van der Waals surface area contributed by atoms with Crippen LogP contribution in [0.15, 0.2) is 36.7 Å². The number of pyridine rings is 1. The van der Waals surface area contributed by atoms with Crippen LogP contribution in [0.5, 0.6) is 11.5 Å². The Hall–Kier alpha value is -2.90. The molecule has 2 bridgehead atoms. The molecule has 0 saturated carbocycles. The number of ether oxygens (including phenoxy) is 3. The van der Waals surface area contributed by atoms with Gasteiger partial charge in [-0.2, -0.15) is 0 Å². The first-order valence-electron chi connectivity index (χ1n) is 10.7. The Balaban J connectivity index is 1.69. The van der Waals surface area contributed by atoms with Crippen LogP contribution in [-0.4, -0.2) is 56.0 Å². The number of carbonyl (C=O) groups excluding carboxylic acids is 1. The first-order chi connectivity index (χ1) is 16.7. The summed E-state index contributed by atoms with van der Waals surface area (Å²) in [7, 11) is 1.40. The fourth-order valence-electron chi connectivity index (χ4n) is 3.94. The molecule has 2 aliphatic rings. The number of para-hydroxylation sites is 1. The molecule has 0 radical (unpaired) electrons. The maximum atomic E-state index is 14.4. The number of fused-ring (bicyclic) bond motifs is 3. The molecule has 2 aromatic heterocycles. The summed E-state index contributed by atoms with van der Waals surface area (Å²) in [5.74, 6) is -0.133. The molecular formula is C23H23FIN4O5-. The summed E-state index contributed by atoms with van der Waals surface area (Å²) < 4.78 is 37.2.